The van der Waals surface area contributed by atoms with Crippen molar-refractivity contribution in [3.63, 3.8) is 0 Å². The molecule has 24 heavy (non-hydrogen) atoms. The summed E-state index contributed by atoms with van der Waals surface area (Å²) in [6.45, 7) is 1.06. The first-order valence-corrected chi connectivity index (χ1v) is 7.27. The van der Waals surface area contributed by atoms with Crippen LogP contribution in [0.3, 0.4) is 0 Å². The predicted octanol–water partition coefficient (Wildman–Crippen LogP) is 1.93. The zero-order valence-electron chi connectivity index (χ0n) is 12.6. The van der Waals surface area contributed by atoms with Gasteiger partial charge in [-0.1, -0.05) is 0 Å². The SMILES string of the molecule is NCCCOc1ccc(-c2ncc3c(c2O)C(=O)N=NC3=O)cc1. The molecule has 2 amide bonds. The Bertz CT molecular complexity index is 831. The van der Waals surface area contributed by atoms with Gasteiger partial charge < -0.3 is 15.6 Å². The van der Waals surface area contributed by atoms with Crippen molar-refractivity contribution in [3.8, 4) is 22.8 Å². The average molecular weight is 326 g/mol. The molecule has 0 saturated carbocycles. The molecule has 1 aromatic carbocycles. The lowest BCUT2D eigenvalue weighted by molar-refractivity contribution is 0.0917. The number of aromatic nitrogens is 1. The van der Waals surface area contributed by atoms with Gasteiger partial charge in [0.25, 0.3) is 11.8 Å². The molecule has 1 aliphatic heterocycles. The second-order valence-corrected chi connectivity index (χ2v) is 5.07. The molecular formula is C16H14N4O4. The maximum atomic E-state index is 11.8. The lowest BCUT2D eigenvalue weighted by Gasteiger charge is -2.12. The van der Waals surface area contributed by atoms with Crippen LogP contribution in [-0.4, -0.2) is 35.1 Å². The van der Waals surface area contributed by atoms with Gasteiger partial charge in [0.05, 0.1) is 12.2 Å². The van der Waals surface area contributed by atoms with E-state index in [1.807, 2.05) is 0 Å². The molecular weight excluding hydrogens is 312 g/mol. The van der Waals surface area contributed by atoms with Gasteiger partial charge in [0.2, 0.25) is 0 Å². The molecule has 0 unspecified atom stereocenters. The smallest absolute Gasteiger partial charge is 0.300 e. The maximum absolute atomic E-state index is 11.8. The van der Waals surface area contributed by atoms with Crippen LogP contribution in [-0.2, 0) is 0 Å². The highest BCUT2D eigenvalue weighted by atomic mass is 16.5. The number of nitrogens with two attached hydrogens (primary N) is 1. The molecule has 0 aliphatic carbocycles. The highest BCUT2D eigenvalue weighted by molar-refractivity contribution is 6.13. The first kappa shape index (κ1) is 15.8. The molecule has 0 spiro atoms. The van der Waals surface area contributed by atoms with E-state index in [0.29, 0.717) is 24.5 Å². The minimum Gasteiger partial charge on any atom is -0.505 e. The minimum absolute atomic E-state index is 0.0574. The van der Waals surface area contributed by atoms with E-state index in [2.05, 4.69) is 15.2 Å². The van der Waals surface area contributed by atoms with Gasteiger partial charge in [0.1, 0.15) is 17.0 Å². The summed E-state index contributed by atoms with van der Waals surface area (Å²) >= 11 is 0. The number of pyridine rings is 1. The highest BCUT2D eigenvalue weighted by Crippen LogP contribution is 2.35. The summed E-state index contributed by atoms with van der Waals surface area (Å²) in [6, 6.07) is 6.84. The van der Waals surface area contributed by atoms with Gasteiger partial charge in [0.15, 0.2) is 5.75 Å². The second kappa shape index (κ2) is 6.55. The molecule has 122 valence electrons. The van der Waals surface area contributed by atoms with Crippen LogP contribution in [0.4, 0.5) is 0 Å². The molecule has 0 fully saturated rings. The first-order chi connectivity index (χ1) is 11.6. The largest absolute Gasteiger partial charge is 0.505 e. The van der Waals surface area contributed by atoms with Crippen molar-refractivity contribution >= 4 is 11.8 Å². The number of azo groups is 1. The molecule has 2 heterocycles. The first-order valence-electron chi connectivity index (χ1n) is 7.27. The van der Waals surface area contributed by atoms with Crippen LogP contribution in [0.15, 0.2) is 40.7 Å². The van der Waals surface area contributed by atoms with Crippen LogP contribution in [0.5, 0.6) is 11.5 Å². The molecule has 1 aromatic heterocycles. The number of benzene rings is 1. The Kier molecular flexibility index (Phi) is 4.30. The lowest BCUT2D eigenvalue weighted by atomic mass is 10.0. The van der Waals surface area contributed by atoms with Crippen LogP contribution in [0, 0.1) is 0 Å². The summed E-state index contributed by atoms with van der Waals surface area (Å²) in [4.78, 5) is 27.5. The molecule has 0 atom stereocenters. The summed E-state index contributed by atoms with van der Waals surface area (Å²) in [7, 11) is 0. The van der Waals surface area contributed by atoms with Crippen molar-refractivity contribution < 1.29 is 19.4 Å². The summed E-state index contributed by atoms with van der Waals surface area (Å²) in [5.74, 6) is -1.21. The van der Waals surface area contributed by atoms with Crippen LogP contribution in [0.1, 0.15) is 27.1 Å². The van der Waals surface area contributed by atoms with Gasteiger partial charge in [-0.2, -0.15) is 0 Å². The fourth-order valence-corrected chi connectivity index (χ4v) is 2.27. The third-order valence-corrected chi connectivity index (χ3v) is 3.47. The van der Waals surface area contributed by atoms with Crippen LogP contribution in [0.25, 0.3) is 11.3 Å². The fourth-order valence-electron chi connectivity index (χ4n) is 2.27. The third-order valence-electron chi connectivity index (χ3n) is 3.47. The topological polar surface area (TPSA) is 127 Å². The molecule has 3 N–H and O–H groups in total. The summed E-state index contributed by atoms with van der Waals surface area (Å²) < 4.78 is 5.50. The third kappa shape index (κ3) is 2.86. The van der Waals surface area contributed by atoms with E-state index in [-0.39, 0.29) is 22.6 Å². The Balaban J connectivity index is 1.92. The van der Waals surface area contributed by atoms with Gasteiger partial charge in [-0.15, -0.1) is 10.2 Å². The number of carbonyl (C=O) groups excluding carboxylic acids is 2. The van der Waals surface area contributed by atoms with E-state index in [1.165, 1.54) is 6.20 Å². The molecule has 2 aromatic rings. The van der Waals surface area contributed by atoms with Crippen LogP contribution >= 0.6 is 0 Å². The van der Waals surface area contributed by atoms with E-state index >= 15 is 0 Å². The molecule has 1 aliphatic rings. The Morgan fingerprint density at radius 1 is 1.08 bits per heavy atom. The summed E-state index contributed by atoms with van der Waals surface area (Å²) in [5.41, 5.74) is 5.92. The average Bonchev–Trinajstić information content (AvgIpc) is 2.59. The van der Waals surface area contributed by atoms with Gasteiger partial charge >= 0.3 is 0 Å². The van der Waals surface area contributed by atoms with Crippen molar-refractivity contribution in [2.75, 3.05) is 13.2 Å². The van der Waals surface area contributed by atoms with Crippen molar-refractivity contribution in [2.45, 2.75) is 6.42 Å². The number of aromatic hydroxyl groups is 1. The molecule has 8 nitrogen and oxygen atoms in total. The van der Waals surface area contributed by atoms with Crippen molar-refractivity contribution in [1.29, 1.82) is 0 Å². The number of hydrogen-bond donors (Lipinski definition) is 2. The predicted molar refractivity (Wildman–Crippen MR) is 84.0 cm³/mol. The Morgan fingerprint density at radius 2 is 1.79 bits per heavy atom. The fraction of sp³-hybridized carbons (Fsp3) is 0.188. The van der Waals surface area contributed by atoms with Crippen LogP contribution < -0.4 is 10.5 Å². The zero-order chi connectivity index (χ0) is 17.1. The van der Waals surface area contributed by atoms with Crippen LogP contribution in [0.2, 0.25) is 0 Å². The van der Waals surface area contributed by atoms with E-state index in [4.69, 9.17) is 10.5 Å². The molecule has 0 radical (unpaired) electrons. The van der Waals surface area contributed by atoms with Gasteiger partial charge in [-0.25, -0.2) is 0 Å². The quantitative estimate of drug-likeness (QED) is 0.808. The van der Waals surface area contributed by atoms with E-state index in [9.17, 15) is 14.7 Å². The number of rotatable bonds is 5. The normalized spacial score (nSPS) is 13.0. The van der Waals surface area contributed by atoms with Gasteiger partial charge in [0, 0.05) is 11.8 Å². The Morgan fingerprint density at radius 3 is 2.50 bits per heavy atom. The summed E-state index contributed by atoms with van der Waals surface area (Å²) in [6.07, 6.45) is 1.97. The maximum Gasteiger partial charge on any atom is 0.300 e. The lowest BCUT2D eigenvalue weighted by Crippen LogP contribution is -2.12. The van der Waals surface area contributed by atoms with E-state index < -0.39 is 11.8 Å². The number of ether oxygens (including phenoxy) is 1. The zero-order valence-corrected chi connectivity index (χ0v) is 12.6. The molecule has 8 heteroatoms. The van der Waals surface area contributed by atoms with Crippen molar-refractivity contribution in [3.05, 3.63) is 41.6 Å². The highest BCUT2D eigenvalue weighted by Gasteiger charge is 2.28. The molecule has 3 rings (SSSR count). The number of hydrogen-bond acceptors (Lipinski definition) is 6. The Labute approximate surface area is 137 Å². The van der Waals surface area contributed by atoms with Gasteiger partial charge in [-0.05, 0) is 37.2 Å². The van der Waals surface area contributed by atoms with E-state index in [1.54, 1.807) is 24.3 Å². The van der Waals surface area contributed by atoms with Crippen molar-refractivity contribution in [1.82, 2.24) is 4.98 Å². The summed E-state index contributed by atoms with van der Waals surface area (Å²) in [5, 5.41) is 16.8. The minimum atomic E-state index is -0.771. The number of nitrogens with zero attached hydrogens (tertiary/aromatic N) is 3. The number of fused-ring (bicyclic) bond motifs is 1. The molecule has 0 bridgehead atoms. The van der Waals surface area contributed by atoms with Crippen molar-refractivity contribution in [2.24, 2.45) is 16.0 Å². The van der Waals surface area contributed by atoms with E-state index in [0.717, 1.165) is 6.42 Å². The Hall–Kier alpha value is -3.13. The van der Waals surface area contributed by atoms with Gasteiger partial charge in [-0.3, -0.25) is 14.6 Å². The number of carbonyl (C=O) groups is 2. The monoisotopic (exact) mass is 326 g/mol. The number of amides is 2. The molecule has 0 saturated heterocycles. The second-order valence-electron chi connectivity index (χ2n) is 5.07. The standard InChI is InChI=1S/C16H14N4O4/c17-6-1-7-24-10-4-2-9(3-5-10)13-14(21)12-11(8-18-13)15(22)19-20-16(12)23/h2-5,8,21H,1,6-7,17H2.